The highest BCUT2D eigenvalue weighted by Crippen LogP contribution is 2.21. The van der Waals surface area contributed by atoms with Gasteiger partial charge in [0.2, 0.25) is 11.8 Å². The summed E-state index contributed by atoms with van der Waals surface area (Å²) in [6, 6.07) is 5.96. The summed E-state index contributed by atoms with van der Waals surface area (Å²) in [5, 5.41) is 17.8. The maximum Gasteiger partial charge on any atom is 0.405 e. The monoisotopic (exact) mass is 429 g/mol. The Balaban J connectivity index is 2.23. The fourth-order valence-corrected chi connectivity index (χ4v) is 3.50. The van der Waals surface area contributed by atoms with Crippen molar-refractivity contribution in [2.45, 2.75) is 37.8 Å². The van der Waals surface area contributed by atoms with E-state index in [1.165, 1.54) is 0 Å². The van der Waals surface area contributed by atoms with Crippen molar-refractivity contribution in [3.63, 3.8) is 0 Å². The first-order chi connectivity index (χ1) is 14.9. The Morgan fingerprint density at radius 1 is 1.16 bits per heavy atom. The van der Waals surface area contributed by atoms with Crippen molar-refractivity contribution >= 4 is 28.8 Å². The van der Waals surface area contributed by atoms with Crippen LogP contribution in [0.2, 0.25) is 0 Å². The molecule has 168 valence electrons. The van der Waals surface area contributed by atoms with E-state index in [-0.39, 0.29) is 18.9 Å². The summed E-state index contributed by atoms with van der Waals surface area (Å²) in [6.45, 7) is 4.30. The van der Waals surface area contributed by atoms with Crippen LogP contribution in [0.4, 0.5) is 4.79 Å². The largest absolute Gasteiger partial charge is 0.465 e. The molecule has 0 aliphatic heterocycles. The number of aryl methyl sites for hydroxylation is 1. The first-order valence-corrected chi connectivity index (χ1v) is 10.3. The molecule has 0 fully saturated rings. The van der Waals surface area contributed by atoms with Crippen LogP contribution in [0.25, 0.3) is 10.9 Å². The number of aromatic nitrogens is 1. The number of fused-ring (bicyclic) bond motifs is 1. The Morgan fingerprint density at radius 2 is 1.90 bits per heavy atom. The molecule has 2 aromatic rings. The standard InChI is InChI=1S/C22H31N5O4/c1-3-12-24-20(28)18(13-15-14-27(2)19-10-5-4-8-16(15)19)25-21(29)17(26-22(30)31)9-6-7-11-23/h3-5,8,10,14,17-18,26H,1,6-7,9,11-13,23H2,2H3,(H,24,28)(H,25,29)(H,30,31)/t17-,18-/m0/s1. The number of hydrogen-bond acceptors (Lipinski definition) is 4. The van der Waals surface area contributed by atoms with Crippen LogP contribution in [0.1, 0.15) is 24.8 Å². The van der Waals surface area contributed by atoms with E-state index in [0.29, 0.717) is 25.8 Å². The van der Waals surface area contributed by atoms with Crippen LogP contribution in [0.5, 0.6) is 0 Å². The van der Waals surface area contributed by atoms with Gasteiger partial charge in [-0.05, 0) is 37.4 Å². The quantitative estimate of drug-likeness (QED) is 0.255. The summed E-state index contributed by atoms with van der Waals surface area (Å²) in [5.74, 6) is -0.907. The molecule has 9 heteroatoms. The maximum absolute atomic E-state index is 12.8. The number of carbonyl (C=O) groups excluding carboxylic acids is 2. The minimum Gasteiger partial charge on any atom is -0.465 e. The summed E-state index contributed by atoms with van der Waals surface area (Å²) in [7, 11) is 1.92. The minimum atomic E-state index is -1.30. The third-order valence-corrected chi connectivity index (χ3v) is 5.02. The summed E-state index contributed by atoms with van der Waals surface area (Å²) >= 11 is 0. The van der Waals surface area contributed by atoms with E-state index in [1.54, 1.807) is 6.08 Å². The molecule has 0 bridgehead atoms. The van der Waals surface area contributed by atoms with Gasteiger partial charge in [-0.15, -0.1) is 6.58 Å². The zero-order valence-electron chi connectivity index (χ0n) is 17.8. The number of nitrogens with one attached hydrogen (secondary N) is 3. The Bertz CT molecular complexity index is 924. The Hall–Kier alpha value is -3.33. The van der Waals surface area contributed by atoms with Gasteiger partial charge < -0.3 is 31.4 Å². The molecule has 0 radical (unpaired) electrons. The molecule has 2 atom stereocenters. The average Bonchev–Trinajstić information content (AvgIpc) is 3.06. The van der Waals surface area contributed by atoms with E-state index in [4.69, 9.17) is 10.8 Å². The molecule has 0 unspecified atom stereocenters. The van der Waals surface area contributed by atoms with Crippen LogP contribution in [0.15, 0.2) is 43.1 Å². The van der Waals surface area contributed by atoms with Crippen molar-refractivity contribution in [3.05, 3.63) is 48.7 Å². The number of rotatable bonds is 12. The second kappa shape index (κ2) is 11.8. The predicted octanol–water partition coefficient (Wildman–Crippen LogP) is 1.27. The molecule has 3 amide bonds. The minimum absolute atomic E-state index is 0.258. The normalized spacial score (nSPS) is 12.7. The lowest BCUT2D eigenvalue weighted by atomic mass is 10.0. The smallest absolute Gasteiger partial charge is 0.405 e. The molecule has 1 aromatic heterocycles. The molecule has 9 nitrogen and oxygen atoms in total. The number of benzene rings is 1. The van der Waals surface area contributed by atoms with Gasteiger partial charge in [-0.3, -0.25) is 9.59 Å². The molecule has 2 rings (SSSR count). The topological polar surface area (TPSA) is 138 Å². The van der Waals surface area contributed by atoms with Crippen LogP contribution in [0, 0.1) is 0 Å². The highest BCUT2D eigenvalue weighted by molar-refractivity contribution is 5.92. The molecule has 1 heterocycles. The molecule has 0 saturated carbocycles. The van der Waals surface area contributed by atoms with Crippen molar-refractivity contribution in [3.8, 4) is 0 Å². The van der Waals surface area contributed by atoms with E-state index < -0.39 is 24.1 Å². The van der Waals surface area contributed by atoms with E-state index in [2.05, 4.69) is 22.5 Å². The number of para-hydroxylation sites is 1. The van der Waals surface area contributed by atoms with Crippen LogP contribution in [0.3, 0.4) is 0 Å². The number of amides is 3. The molecule has 0 aliphatic rings. The van der Waals surface area contributed by atoms with E-state index >= 15 is 0 Å². The molecular formula is C22H31N5O4. The number of nitrogens with zero attached hydrogens (tertiary/aromatic N) is 1. The SMILES string of the molecule is C=CCNC(=O)[C@H](Cc1cn(C)c2ccccc12)NC(=O)[C@H](CCCCN)NC(=O)O. The molecule has 31 heavy (non-hydrogen) atoms. The highest BCUT2D eigenvalue weighted by Gasteiger charge is 2.27. The van der Waals surface area contributed by atoms with Gasteiger partial charge in [0.05, 0.1) is 0 Å². The van der Waals surface area contributed by atoms with Crippen molar-refractivity contribution in [2.24, 2.45) is 12.8 Å². The second-order valence-electron chi connectivity index (χ2n) is 7.37. The van der Waals surface area contributed by atoms with Gasteiger partial charge in [-0.25, -0.2) is 4.79 Å². The number of hydrogen-bond donors (Lipinski definition) is 5. The molecule has 0 saturated heterocycles. The summed E-state index contributed by atoms with van der Waals surface area (Å²) < 4.78 is 1.97. The zero-order chi connectivity index (χ0) is 22.8. The van der Waals surface area contributed by atoms with Crippen LogP contribution < -0.4 is 21.7 Å². The third kappa shape index (κ3) is 6.85. The first kappa shape index (κ1) is 23.9. The van der Waals surface area contributed by atoms with Gasteiger partial charge in [0, 0.05) is 37.1 Å². The van der Waals surface area contributed by atoms with Crippen molar-refractivity contribution in [1.82, 2.24) is 20.5 Å². The summed E-state index contributed by atoms with van der Waals surface area (Å²) in [6.07, 6.45) is 4.00. The Labute approximate surface area is 181 Å². The fraction of sp³-hybridized carbons (Fsp3) is 0.409. The average molecular weight is 430 g/mol. The van der Waals surface area contributed by atoms with Crippen LogP contribution in [-0.2, 0) is 23.1 Å². The van der Waals surface area contributed by atoms with Crippen LogP contribution >= 0.6 is 0 Å². The number of carboxylic acid groups (broad SMARTS) is 1. The summed E-state index contributed by atoms with van der Waals surface area (Å²) in [4.78, 5) is 36.7. The Morgan fingerprint density at radius 3 is 2.58 bits per heavy atom. The van der Waals surface area contributed by atoms with Gasteiger partial charge in [0.15, 0.2) is 0 Å². The van der Waals surface area contributed by atoms with Crippen molar-refractivity contribution in [2.75, 3.05) is 13.1 Å². The third-order valence-electron chi connectivity index (χ3n) is 5.02. The van der Waals surface area contributed by atoms with E-state index in [1.807, 2.05) is 42.1 Å². The van der Waals surface area contributed by atoms with Gasteiger partial charge in [0.25, 0.3) is 0 Å². The number of unbranched alkanes of at least 4 members (excludes halogenated alkanes) is 1. The molecule has 6 N–H and O–H groups in total. The first-order valence-electron chi connectivity index (χ1n) is 10.3. The molecule has 0 aliphatic carbocycles. The fourth-order valence-electron chi connectivity index (χ4n) is 3.50. The highest BCUT2D eigenvalue weighted by atomic mass is 16.4. The van der Waals surface area contributed by atoms with Gasteiger partial charge in [-0.1, -0.05) is 24.3 Å². The lowest BCUT2D eigenvalue weighted by Crippen LogP contribution is -2.54. The Kier molecular flexibility index (Phi) is 9.08. The maximum atomic E-state index is 12.8. The van der Waals surface area contributed by atoms with E-state index in [0.717, 1.165) is 16.5 Å². The lowest BCUT2D eigenvalue weighted by molar-refractivity contribution is -0.129. The zero-order valence-corrected chi connectivity index (χ0v) is 17.8. The van der Waals surface area contributed by atoms with Crippen LogP contribution in [-0.4, -0.2) is 52.8 Å². The van der Waals surface area contributed by atoms with Crippen molar-refractivity contribution in [1.29, 1.82) is 0 Å². The molecule has 1 aromatic carbocycles. The van der Waals surface area contributed by atoms with Gasteiger partial charge in [-0.2, -0.15) is 0 Å². The van der Waals surface area contributed by atoms with Gasteiger partial charge in [0.1, 0.15) is 12.1 Å². The number of carbonyl (C=O) groups is 3. The van der Waals surface area contributed by atoms with Crippen molar-refractivity contribution < 1.29 is 19.5 Å². The molecule has 0 spiro atoms. The number of nitrogens with two attached hydrogens (primary N) is 1. The molecular weight excluding hydrogens is 398 g/mol. The summed E-state index contributed by atoms with van der Waals surface area (Å²) in [5.41, 5.74) is 7.41. The van der Waals surface area contributed by atoms with Gasteiger partial charge >= 0.3 is 6.09 Å². The predicted molar refractivity (Wildman–Crippen MR) is 120 cm³/mol. The second-order valence-corrected chi connectivity index (χ2v) is 7.37. The lowest BCUT2D eigenvalue weighted by Gasteiger charge is -2.22. The van der Waals surface area contributed by atoms with E-state index in [9.17, 15) is 14.4 Å².